The maximum Gasteiger partial charge on any atom is 0.0951 e. The summed E-state index contributed by atoms with van der Waals surface area (Å²) in [4.78, 5) is 4.42. The molecule has 2 heterocycles. The molecule has 2 saturated carbocycles. The third kappa shape index (κ3) is 1.55. The Morgan fingerprint density at radius 1 is 1.24 bits per heavy atom. The first-order valence-electron chi connectivity index (χ1n) is 7.17. The number of rotatable bonds is 2. The Hall–Kier alpha value is -0.830. The summed E-state index contributed by atoms with van der Waals surface area (Å²) in [6, 6.07) is 1.32. The molecule has 0 spiro atoms. The van der Waals surface area contributed by atoms with Crippen molar-refractivity contribution in [1.82, 2.24) is 14.9 Å². The predicted octanol–water partition coefficient (Wildman–Crippen LogP) is 2.67. The fourth-order valence-electron chi connectivity index (χ4n) is 4.35. The molecule has 3 heteroatoms. The van der Waals surface area contributed by atoms with Gasteiger partial charge in [-0.2, -0.15) is 0 Å². The number of nitrogens with one attached hydrogen (secondary N) is 1. The Balaban J connectivity index is 1.63. The molecule has 1 aromatic heterocycles. The lowest BCUT2D eigenvalue weighted by atomic mass is 9.94. The van der Waals surface area contributed by atoms with Crippen LogP contribution in [0.3, 0.4) is 0 Å². The molecule has 17 heavy (non-hydrogen) atoms. The lowest BCUT2D eigenvalue weighted by molar-refractivity contribution is 0.317. The van der Waals surface area contributed by atoms with Crippen LogP contribution in [0.25, 0.3) is 0 Å². The average molecular weight is 231 g/mol. The fraction of sp³-hybridized carbons (Fsp3) is 0.786. The molecule has 0 aromatic carbocycles. The maximum atomic E-state index is 4.42. The van der Waals surface area contributed by atoms with Crippen molar-refractivity contribution in [3.63, 3.8) is 0 Å². The minimum Gasteiger partial charge on any atom is -0.330 e. The number of aromatic nitrogens is 2. The number of fused-ring (bicyclic) bond motifs is 2. The van der Waals surface area contributed by atoms with Crippen LogP contribution in [-0.2, 0) is 0 Å². The van der Waals surface area contributed by atoms with Crippen molar-refractivity contribution < 1.29 is 0 Å². The van der Waals surface area contributed by atoms with E-state index in [1.807, 2.05) is 0 Å². The van der Waals surface area contributed by atoms with Crippen LogP contribution in [-0.4, -0.2) is 16.1 Å². The molecule has 1 N–H and O–H groups in total. The van der Waals surface area contributed by atoms with Crippen LogP contribution in [0.1, 0.15) is 56.3 Å². The Morgan fingerprint density at radius 3 is 2.94 bits per heavy atom. The summed E-state index contributed by atoms with van der Waals surface area (Å²) in [5.74, 6) is 1.95. The molecule has 3 fully saturated rings. The Morgan fingerprint density at radius 2 is 2.24 bits per heavy atom. The van der Waals surface area contributed by atoms with Gasteiger partial charge in [0, 0.05) is 18.3 Å². The molecular weight excluding hydrogens is 210 g/mol. The van der Waals surface area contributed by atoms with Gasteiger partial charge in [-0.05, 0) is 50.5 Å². The van der Waals surface area contributed by atoms with Crippen molar-refractivity contribution in [2.45, 2.75) is 50.6 Å². The van der Waals surface area contributed by atoms with Gasteiger partial charge < -0.3 is 9.88 Å². The molecule has 3 aliphatic rings. The smallest absolute Gasteiger partial charge is 0.0951 e. The molecule has 4 atom stereocenters. The van der Waals surface area contributed by atoms with E-state index >= 15 is 0 Å². The van der Waals surface area contributed by atoms with Gasteiger partial charge in [-0.25, -0.2) is 4.98 Å². The topological polar surface area (TPSA) is 29.9 Å². The van der Waals surface area contributed by atoms with Gasteiger partial charge in [-0.15, -0.1) is 0 Å². The number of nitrogens with zero attached hydrogens (tertiary/aromatic N) is 2. The number of imidazole rings is 1. The van der Waals surface area contributed by atoms with Gasteiger partial charge in [0.25, 0.3) is 0 Å². The molecule has 1 aromatic rings. The monoisotopic (exact) mass is 231 g/mol. The lowest BCUT2D eigenvalue weighted by Crippen LogP contribution is -2.22. The molecule has 3 nitrogen and oxygen atoms in total. The maximum absolute atomic E-state index is 4.42. The van der Waals surface area contributed by atoms with Gasteiger partial charge in [-0.1, -0.05) is 6.42 Å². The zero-order valence-corrected chi connectivity index (χ0v) is 10.3. The molecule has 1 aliphatic heterocycles. The van der Waals surface area contributed by atoms with Crippen LogP contribution >= 0.6 is 0 Å². The van der Waals surface area contributed by atoms with E-state index in [1.165, 1.54) is 50.8 Å². The summed E-state index contributed by atoms with van der Waals surface area (Å²) in [5.41, 5.74) is 1.44. The highest BCUT2D eigenvalue weighted by Gasteiger charge is 2.41. The second kappa shape index (κ2) is 3.84. The van der Waals surface area contributed by atoms with Crippen molar-refractivity contribution in [2.24, 2.45) is 11.8 Å². The zero-order chi connectivity index (χ0) is 11.2. The summed E-state index contributed by atoms with van der Waals surface area (Å²) < 4.78 is 2.51. The fourth-order valence-corrected chi connectivity index (χ4v) is 4.35. The largest absolute Gasteiger partial charge is 0.330 e. The minimum absolute atomic E-state index is 0.566. The van der Waals surface area contributed by atoms with Crippen molar-refractivity contribution in [3.05, 3.63) is 18.2 Å². The average Bonchev–Trinajstić information content (AvgIpc) is 3.12. The second-order valence-electron chi connectivity index (χ2n) is 6.12. The van der Waals surface area contributed by atoms with Crippen molar-refractivity contribution in [3.8, 4) is 0 Å². The van der Waals surface area contributed by atoms with Crippen LogP contribution in [0.2, 0.25) is 0 Å². The minimum atomic E-state index is 0.566. The Bertz CT molecular complexity index is 405. The van der Waals surface area contributed by atoms with Crippen molar-refractivity contribution in [2.75, 3.05) is 6.54 Å². The standard InChI is InChI=1S/C14H21N3/c1-2-12(16-5-1)14-8-15-9-17(14)13-7-10-3-4-11(13)6-10/h8-13,16H,1-7H2. The van der Waals surface area contributed by atoms with E-state index in [9.17, 15) is 0 Å². The Labute approximate surface area is 103 Å². The molecule has 92 valence electrons. The van der Waals surface area contributed by atoms with E-state index in [0.29, 0.717) is 6.04 Å². The molecule has 0 radical (unpaired) electrons. The van der Waals surface area contributed by atoms with Gasteiger partial charge in [0.05, 0.1) is 12.0 Å². The van der Waals surface area contributed by atoms with E-state index in [1.54, 1.807) is 0 Å². The molecule has 2 bridgehead atoms. The third-order valence-corrected chi connectivity index (χ3v) is 5.17. The summed E-state index contributed by atoms with van der Waals surface area (Å²) in [7, 11) is 0. The van der Waals surface area contributed by atoms with E-state index < -0.39 is 0 Å². The van der Waals surface area contributed by atoms with Crippen LogP contribution in [0.15, 0.2) is 12.5 Å². The van der Waals surface area contributed by atoms with Crippen LogP contribution in [0.5, 0.6) is 0 Å². The first kappa shape index (κ1) is 10.1. The molecule has 1 saturated heterocycles. The quantitative estimate of drug-likeness (QED) is 0.848. The van der Waals surface area contributed by atoms with E-state index in [-0.39, 0.29) is 0 Å². The summed E-state index contributed by atoms with van der Waals surface area (Å²) in [5, 5.41) is 3.61. The highest BCUT2D eigenvalue weighted by molar-refractivity contribution is 5.10. The molecular formula is C14H21N3. The van der Waals surface area contributed by atoms with Crippen LogP contribution < -0.4 is 5.32 Å². The van der Waals surface area contributed by atoms with E-state index in [0.717, 1.165) is 17.9 Å². The van der Waals surface area contributed by atoms with Gasteiger partial charge >= 0.3 is 0 Å². The van der Waals surface area contributed by atoms with Gasteiger partial charge in [0.2, 0.25) is 0 Å². The highest BCUT2D eigenvalue weighted by atomic mass is 15.1. The highest BCUT2D eigenvalue weighted by Crippen LogP contribution is 2.51. The first-order chi connectivity index (χ1) is 8.42. The summed E-state index contributed by atoms with van der Waals surface area (Å²) in [6.45, 7) is 1.17. The van der Waals surface area contributed by atoms with Gasteiger partial charge in [-0.3, -0.25) is 0 Å². The van der Waals surface area contributed by atoms with E-state index in [4.69, 9.17) is 0 Å². The second-order valence-corrected chi connectivity index (χ2v) is 6.12. The SMILES string of the molecule is c1ncn(C2CC3CCC2C3)c1C1CCCN1. The number of hydrogen-bond donors (Lipinski definition) is 1. The Kier molecular flexibility index (Phi) is 2.29. The zero-order valence-electron chi connectivity index (χ0n) is 10.3. The summed E-state index contributed by atoms with van der Waals surface area (Å²) >= 11 is 0. The molecule has 4 unspecified atom stereocenters. The number of hydrogen-bond acceptors (Lipinski definition) is 2. The third-order valence-electron chi connectivity index (χ3n) is 5.17. The molecule has 4 rings (SSSR count). The molecule has 2 aliphatic carbocycles. The van der Waals surface area contributed by atoms with E-state index in [2.05, 4.69) is 27.4 Å². The van der Waals surface area contributed by atoms with Crippen molar-refractivity contribution in [1.29, 1.82) is 0 Å². The van der Waals surface area contributed by atoms with Gasteiger partial charge in [0.15, 0.2) is 0 Å². The van der Waals surface area contributed by atoms with Crippen molar-refractivity contribution >= 4 is 0 Å². The molecule has 0 amide bonds. The lowest BCUT2D eigenvalue weighted by Gasteiger charge is -2.26. The summed E-state index contributed by atoms with van der Waals surface area (Å²) in [6.07, 6.45) is 12.6. The normalized spacial score (nSPS) is 40.2. The van der Waals surface area contributed by atoms with Gasteiger partial charge in [0.1, 0.15) is 0 Å². The van der Waals surface area contributed by atoms with Crippen LogP contribution in [0, 0.1) is 11.8 Å². The predicted molar refractivity (Wildman–Crippen MR) is 66.7 cm³/mol. The first-order valence-corrected chi connectivity index (χ1v) is 7.17. The van der Waals surface area contributed by atoms with Crippen LogP contribution in [0.4, 0.5) is 0 Å².